The first kappa shape index (κ1) is 21.5. The van der Waals surface area contributed by atoms with Crippen molar-refractivity contribution in [2.24, 2.45) is 0 Å². The van der Waals surface area contributed by atoms with Gasteiger partial charge in [0.15, 0.2) is 0 Å². The van der Waals surface area contributed by atoms with Gasteiger partial charge in [-0.05, 0) is 36.8 Å². The van der Waals surface area contributed by atoms with Crippen LogP contribution in [0.1, 0.15) is 23.7 Å². The lowest BCUT2D eigenvalue weighted by molar-refractivity contribution is 0.102. The number of hydrogen-bond donors (Lipinski definition) is 2. The zero-order valence-corrected chi connectivity index (χ0v) is 17.1. The Bertz CT molecular complexity index is 943. The van der Waals surface area contributed by atoms with E-state index in [2.05, 4.69) is 10.0 Å². The van der Waals surface area contributed by atoms with Gasteiger partial charge in [-0.25, -0.2) is 13.1 Å². The van der Waals surface area contributed by atoms with Gasteiger partial charge in [0.1, 0.15) is 22.1 Å². The molecule has 9 heteroatoms. The van der Waals surface area contributed by atoms with Crippen molar-refractivity contribution in [3.63, 3.8) is 0 Å². The molecule has 2 aromatic carbocycles. The second-order valence-corrected chi connectivity index (χ2v) is 7.52. The maximum absolute atomic E-state index is 12.7. The normalized spacial score (nSPS) is 11.0. The van der Waals surface area contributed by atoms with Crippen LogP contribution in [0.15, 0.2) is 41.3 Å². The number of rotatable bonds is 9. The molecule has 0 heterocycles. The fraction of sp³-hybridized carbons (Fsp3) is 0.316. The Morgan fingerprint density at radius 2 is 1.68 bits per heavy atom. The summed E-state index contributed by atoms with van der Waals surface area (Å²) in [7, 11) is 0.560. The third kappa shape index (κ3) is 4.93. The standard InChI is InChI=1S/C19H24N2O6S/c1-5-10-20-28(23,24)18-11-13(6-9-16(18)26-3)19(22)21-15-8-7-14(25-2)12-17(15)27-4/h6-9,11-12,20H,5,10H2,1-4H3,(H,21,22). The molecule has 1 amide bonds. The Kier molecular flexibility index (Phi) is 7.24. The van der Waals surface area contributed by atoms with Crippen molar-refractivity contribution in [1.82, 2.24) is 4.72 Å². The number of carbonyl (C=O) groups excluding carboxylic acids is 1. The van der Waals surface area contributed by atoms with Gasteiger partial charge < -0.3 is 19.5 Å². The monoisotopic (exact) mass is 408 g/mol. The topological polar surface area (TPSA) is 103 Å². The van der Waals surface area contributed by atoms with E-state index in [0.717, 1.165) is 0 Å². The summed E-state index contributed by atoms with van der Waals surface area (Å²) in [6.45, 7) is 2.14. The molecule has 0 unspecified atom stereocenters. The quantitative estimate of drug-likeness (QED) is 0.661. The second-order valence-electron chi connectivity index (χ2n) is 5.78. The largest absolute Gasteiger partial charge is 0.497 e. The minimum Gasteiger partial charge on any atom is -0.497 e. The minimum atomic E-state index is -3.81. The number of sulfonamides is 1. The molecule has 152 valence electrons. The van der Waals surface area contributed by atoms with Crippen molar-refractivity contribution in [3.8, 4) is 17.2 Å². The second kappa shape index (κ2) is 9.43. The van der Waals surface area contributed by atoms with E-state index in [1.165, 1.54) is 39.5 Å². The van der Waals surface area contributed by atoms with Gasteiger partial charge in [-0.3, -0.25) is 4.79 Å². The van der Waals surface area contributed by atoms with Gasteiger partial charge >= 0.3 is 0 Å². The Morgan fingerprint density at radius 3 is 2.29 bits per heavy atom. The van der Waals surface area contributed by atoms with E-state index in [1.807, 2.05) is 6.92 Å². The van der Waals surface area contributed by atoms with E-state index in [9.17, 15) is 13.2 Å². The number of carbonyl (C=O) groups is 1. The summed E-state index contributed by atoms with van der Waals surface area (Å²) in [6, 6.07) is 9.16. The van der Waals surface area contributed by atoms with Crippen molar-refractivity contribution in [2.75, 3.05) is 33.2 Å². The molecule has 0 saturated carbocycles. The van der Waals surface area contributed by atoms with E-state index in [4.69, 9.17) is 14.2 Å². The zero-order chi connectivity index (χ0) is 20.7. The molecule has 0 radical (unpaired) electrons. The van der Waals surface area contributed by atoms with Crippen LogP contribution in [0.3, 0.4) is 0 Å². The van der Waals surface area contributed by atoms with E-state index >= 15 is 0 Å². The molecule has 0 saturated heterocycles. The third-order valence-electron chi connectivity index (χ3n) is 3.91. The Morgan fingerprint density at radius 1 is 0.964 bits per heavy atom. The number of nitrogens with one attached hydrogen (secondary N) is 2. The average Bonchev–Trinajstić information content (AvgIpc) is 2.71. The van der Waals surface area contributed by atoms with Crippen molar-refractivity contribution in [2.45, 2.75) is 18.2 Å². The number of amides is 1. The molecule has 0 atom stereocenters. The molecule has 0 aliphatic rings. The lowest BCUT2D eigenvalue weighted by atomic mass is 10.2. The van der Waals surface area contributed by atoms with Crippen LogP contribution in [0.2, 0.25) is 0 Å². The minimum absolute atomic E-state index is 0.0993. The van der Waals surface area contributed by atoms with E-state index in [0.29, 0.717) is 23.6 Å². The number of methoxy groups -OCH3 is 3. The highest BCUT2D eigenvalue weighted by Gasteiger charge is 2.21. The lowest BCUT2D eigenvalue weighted by Gasteiger charge is -2.14. The van der Waals surface area contributed by atoms with Crippen LogP contribution in [0.25, 0.3) is 0 Å². The first-order valence-electron chi connectivity index (χ1n) is 8.57. The van der Waals surface area contributed by atoms with Crippen LogP contribution in [0.4, 0.5) is 5.69 Å². The van der Waals surface area contributed by atoms with Crippen molar-refractivity contribution in [1.29, 1.82) is 0 Å². The molecule has 0 fully saturated rings. The summed E-state index contributed by atoms with van der Waals surface area (Å²) < 4.78 is 43.0. The molecule has 2 N–H and O–H groups in total. The highest BCUT2D eigenvalue weighted by molar-refractivity contribution is 7.89. The van der Waals surface area contributed by atoms with Gasteiger partial charge in [-0.1, -0.05) is 6.92 Å². The number of hydrogen-bond acceptors (Lipinski definition) is 6. The summed E-state index contributed by atoms with van der Waals surface area (Å²) in [5.74, 6) is 0.661. The number of ether oxygens (including phenoxy) is 3. The zero-order valence-electron chi connectivity index (χ0n) is 16.2. The Balaban J connectivity index is 2.35. The van der Waals surface area contributed by atoms with E-state index < -0.39 is 15.9 Å². The molecule has 0 spiro atoms. The van der Waals surface area contributed by atoms with Crippen molar-refractivity contribution in [3.05, 3.63) is 42.0 Å². The predicted octanol–water partition coefficient (Wildman–Crippen LogP) is 2.65. The van der Waals surface area contributed by atoms with Crippen LogP contribution in [0.5, 0.6) is 17.2 Å². The molecule has 0 aliphatic carbocycles. The molecule has 0 bridgehead atoms. The van der Waals surface area contributed by atoms with Crippen LogP contribution < -0.4 is 24.2 Å². The highest BCUT2D eigenvalue weighted by atomic mass is 32.2. The van der Waals surface area contributed by atoms with Crippen molar-refractivity contribution < 1.29 is 27.4 Å². The van der Waals surface area contributed by atoms with Gasteiger partial charge in [-0.15, -0.1) is 0 Å². The molecule has 2 rings (SSSR count). The number of anilines is 1. The summed E-state index contributed by atoms with van der Waals surface area (Å²) in [6.07, 6.45) is 0.638. The molecule has 0 aromatic heterocycles. The van der Waals surface area contributed by atoms with Crippen LogP contribution >= 0.6 is 0 Å². The van der Waals surface area contributed by atoms with E-state index in [-0.39, 0.29) is 22.8 Å². The van der Waals surface area contributed by atoms with E-state index in [1.54, 1.807) is 18.2 Å². The molecule has 28 heavy (non-hydrogen) atoms. The molecule has 8 nitrogen and oxygen atoms in total. The Labute approximate surface area is 164 Å². The molecular formula is C19H24N2O6S. The van der Waals surface area contributed by atoms with Crippen LogP contribution in [-0.4, -0.2) is 42.2 Å². The summed E-state index contributed by atoms with van der Waals surface area (Å²) in [5, 5.41) is 2.71. The van der Waals surface area contributed by atoms with Gasteiger partial charge in [0.25, 0.3) is 5.91 Å². The molecule has 0 aliphatic heterocycles. The first-order chi connectivity index (χ1) is 13.4. The molecule has 2 aromatic rings. The van der Waals surface area contributed by atoms with Gasteiger partial charge in [0.2, 0.25) is 10.0 Å². The lowest BCUT2D eigenvalue weighted by Crippen LogP contribution is -2.25. The van der Waals surface area contributed by atoms with Gasteiger partial charge in [-0.2, -0.15) is 0 Å². The van der Waals surface area contributed by atoms with Crippen LogP contribution in [0, 0.1) is 0 Å². The fourth-order valence-corrected chi connectivity index (χ4v) is 3.77. The maximum Gasteiger partial charge on any atom is 0.255 e. The SMILES string of the molecule is CCCNS(=O)(=O)c1cc(C(=O)Nc2ccc(OC)cc2OC)ccc1OC. The maximum atomic E-state index is 12.7. The molecular weight excluding hydrogens is 384 g/mol. The van der Waals surface area contributed by atoms with Gasteiger partial charge in [0.05, 0.1) is 27.0 Å². The first-order valence-corrected chi connectivity index (χ1v) is 10.1. The third-order valence-corrected chi connectivity index (χ3v) is 5.40. The average molecular weight is 408 g/mol. The fourth-order valence-electron chi connectivity index (χ4n) is 2.44. The summed E-state index contributed by atoms with van der Waals surface area (Å²) in [4.78, 5) is 12.6. The smallest absolute Gasteiger partial charge is 0.255 e. The predicted molar refractivity (Wildman–Crippen MR) is 106 cm³/mol. The summed E-state index contributed by atoms with van der Waals surface area (Å²) >= 11 is 0. The highest BCUT2D eigenvalue weighted by Crippen LogP contribution is 2.30. The van der Waals surface area contributed by atoms with Crippen molar-refractivity contribution >= 4 is 21.6 Å². The van der Waals surface area contributed by atoms with Crippen LogP contribution in [-0.2, 0) is 10.0 Å². The summed E-state index contributed by atoms with van der Waals surface area (Å²) in [5.41, 5.74) is 0.591. The Hall–Kier alpha value is -2.78. The van der Waals surface area contributed by atoms with Gasteiger partial charge in [0, 0.05) is 18.2 Å². The number of benzene rings is 2.